The zero-order valence-electron chi connectivity index (χ0n) is 16.5. The van der Waals surface area contributed by atoms with Crippen LogP contribution in [0.25, 0.3) is 0 Å². The molecule has 7 heteroatoms. The average molecular weight is 393 g/mol. The van der Waals surface area contributed by atoms with Crippen LogP contribution < -0.4 is 0 Å². The number of benzene rings is 1. The van der Waals surface area contributed by atoms with Gasteiger partial charge in [-0.2, -0.15) is 0 Å². The van der Waals surface area contributed by atoms with Gasteiger partial charge in [0.2, 0.25) is 6.61 Å². The second kappa shape index (κ2) is 9.90. The van der Waals surface area contributed by atoms with E-state index in [9.17, 15) is 9.59 Å². The molecule has 0 aliphatic carbocycles. The Morgan fingerprint density at radius 1 is 1.15 bits per heavy atom. The highest BCUT2D eigenvalue weighted by Crippen LogP contribution is 2.27. The Kier molecular flexibility index (Phi) is 7.86. The molecule has 1 aliphatic heterocycles. The van der Waals surface area contributed by atoms with Gasteiger partial charge in [0, 0.05) is 10.5 Å². The molecule has 1 aliphatic rings. The number of hydrogen-bond donors (Lipinski definition) is 0. The van der Waals surface area contributed by atoms with Crippen LogP contribution in [-0.2, 0) is 19.2 Å². The van der Waals surface area contributed by atoms with Crippen molar-refractivity contribution in [1.29, 1.82) is 0 Å². The van der Waals surface area contributed by atoms with E-state index in [1.54, 1.807) is 11.8 Å². The molecule has 0 bridgehead atoms. The lowest BCUT2D eigenvalue weighted by atomic mass is 9.90. The molecule has 1 aromatic carbocycles. The summed E-state index contributed by atoms with van der Waals surface area (Å²) in [6.07, 6.45) is 4.37. The first-order chi connectivity index (χ1) is 12.8. The SMILES string of the molecule is CSc1ccc(C(=NOCC(=O)OCC(C)=O)C(C)(C)N2CCCC2)cc1. The van der Waals surface area contributed by atoms with Crippen LogP contribution in [0.2, 0.25) is 0 Å². The van der Waals surface area contributed by atoms with E-state index in [2.05, 4.69) is 36.0 Å². The topological polar surface area (TPSA) is 68.2 Å². The number of nitrogens with zero attached hydrogens (tertiary/aromatic N) is 2. The molecular formula is C20H28N2O4S. The molecule has 1 saturated heterocycles. The summed E-state index contributed by atoms with van der Waals surface area (Å²) >= 11 is 1.68. The highest BCUT2D eigenvalue weighted by atomic mass is 32.2. The third-order valence-electron chi connectivity index (χ3n) is 4.61. The molecule has 0 amide bonds. The van der Waals surface area contributed by atoms with Crippen molar-refractivity contribution in [1.82, 2.24) is 4.90 Å². The Hall–Kier alpha value is -1.86. The molecule has 0 atom stereocenters. The molecule has 2 rings (SSSR count). The fourth-order valence-electron chi connectivity index (χ4n) is 3.07. The zero-order valence-corrected chi connectivity index (χ0v) is 17.3. The third-order valence-corrected chi connectivity index (χ3v) is 5.36. The van der Waals surface area contributed by atoms with E-state index in [4.69, 9.17) is 9.57 Å². The summed E-state index contributed by atoms with van der Waals surface area (Å²) in [5.41, 5.74) is 1.40. The number of carbonyl (C=O) groups is 2. The second-order valence-corrected chi connectivity index (χ2v) is 7.94. The smallest absolute Gasteiger partial charge is 0.347 e. The van der Waals surface area contributed by atoms with Crippen molar-refractivity contribution >= 4 is 29.2 Å². The number of likely N-dealkylation sites (tertiary alicyclic amines) is 1. The molecule has 27 heavy (non-hydrogen) atoms. The van der Waals surface area contributed by atoms with Gasteiger partial charge >= 0.3 is 5.97 Å². The zero-order chi connectivity index (χ0) is 19.9. The number of carbonyl (C=O) groups excluding carboxylic acids is 2. The highest BCUT2D eigenvalue weighted by Gasteiger charge is 2.35. The van der Waals surface area contributed by atoms with E-state index in [1.165, 1.54) is 24.7 Å². The summed E-state index contributed by atoms with van der Waals surface area (Å²) < 4.78 is 4.81. The molecule has 0 aromatic heterocycles. The van der Waals surface area contributed by atoms with Crippen LogP contribution >= 0.6 is 11.8 Å². The van der Waals surface area contributed by atoms with Crippen LogP contribution in [0.5, 0.6) is 0 Å². The summed E-state index contributed by atoms with van der Waals surface area (Å²) in [5.74, 6) is -0.818. The number of thioether (sulfide) groups is 1. The van der Waals surface area contributed by atoms with Crippen molar-refractivity contribution in [3.63, 3.8) is 0 Å². The lowest BCUT2D eigenvalue weighted by molar-refractivity contribution is -0.152. The fraction of sp³-hybridized carbons (Fsp3) is 0.550. The first-order valence-electron chi connectivity index (χ1n) is 9.09. The van der Waals surface area contributed by atoms with Crippen LogP contribution in [0.15, 0.2) is 34.3 Å². The molecular weight excluding hydrogens is 364 g/mol. The molecule has 0 spiro atoms. The number of rotatable bonds is 9. The minimum atomic E-state index is -0.606. The number of Topliss-reactive ketones (excluding diaryl/α,β-unsaturated/α-hetero) is 1. The van der Waals surface area contributed by atoms with Crippen LogP contribution in [0.3, 0.4) is 0 Å². The van der Waals surface area contributed by atoms with E-state index in [0.29, 0.717) is 0 Å². The summed E-state index contributed by atoms with van der Waals surface area (Å²) in [6.45, 7) is 7.06. The number of esters is 1. The first kappa shape index (κ1) is 21.4. The number of ketones is 1. The van der Waals surface area contributed by atoms with E-state index >= 15 is 0 Å². The third kappa shape index (κ3) is 6.07. The van der Waals surface area contributed by atoms with Crippen LogP contribution in [0.4, 0.5) is 0 Å². The van der Waals surface area contributed by atoms with Crippen LogP contribution in [-0.4, -0.2) is 60.5 Å². The Bertz CT molecular complexity index is 680. The monoisotopic (exact) mass is 392 g/mol. The molecule has 1 heterocycles. The van der Waals surface area contributed by atoms with Crippen LogP contribution in [0, 0.1) is 0 Å². The molecule has 0 unspecified atom stereocenters. The highest BCUT2D eigenvalue weighted by molar-refractivity contribution is 7.98. The van der Waals surface area contributed by atoms with Gasteiger partial charge < -0.3 is 9.57 Å². The lowest BCUT2D eigenvalue weighted by Crippen LogP contribution is -2.49. The maximum absolute atomic E-state index is 11.7. The van der Waals surface area contributed by atoms with Gasteiger partial charge in [-0.15, -0.1) is 11.8 Å². The number of oxime groups is 1. The summed E-state index contributed by atoms with van der Waals surface area (Å²) in [4.78, 5) is 31.4. The number of ether oxygens (including phenoxy) is 1. The molecule has 0 saturated carbocycles. The van der Waals surface area contributed by atoms with Crippen molar-refractivity contribution < 1.29 is 19.2 Å². The first-order valence-corrected chi connectivity index (χ1v) is 10.3. The molecule has 0 radical (unpaired) electrons. The van der Waals surface area contributed by atoms with Crippen molar-refractivity contribution in [2.24, 2.45) is 5.16 Å². The summed E-state index contributed by atoms with van der Waals surface area (Å²) in [5, 5.41) is 4.32. The van der Waals surface area contributed by atoms with E-state index in [1.807, 2.05) is 18.4 Å². The van der Waals surface area contributed by atoms with Crippen molar-refractivity contribution in [3.05, 3.63) is 29.8 Å². The molecule has 1 fully saturated rings. The Labute approximate surface area is 165 Å². The Morgan fingerprint density at radius 2 is 1.78 bits per heavy atom. The van der Waals surface area contributed by atoms with Crippen molar-refractivity contribution in [3.8, 4) is 0 Å². The largest absolute Gasteiger partial charge is 0.455 e. The predicted octanol–water partition coefficient (Wildman–Crippen LogP) is 3.14. The van der Waals surface area contributed by atoms with Crippen LogP contribution in [0.1, 0.15) is 39.2 Å². The van der Waals surface area contributed by atoms with Gasteiger partial charge in [-0.1, -0.05) is 17.3 Å². The fourth-order valence-corrected chi connectivity index (χ4v) is 3.47. The number of hydrogen-bond acceptors (Lipinski definition) is 7. The molecule has 6 nitrogen and oxygen atoms in total. The molecule has 1 aromatic rings. The Morgan fingerprint density at radius 3 is 2.33 bits per heavy atom. The molecule has 148 valence electrons. The normalized spacial score (nSPS) is 15.6. The van der Waals surface area contributed by atoms with E-state index < -0.39 is 5.97 Å². The lowest BCUT2D eigenvalue weighted by Gasteiger charge is -2.36. The van der Waals surface area contributed by atoms with E-state index in [-0.39, 0.29) is 24.5 Å². The quantitative estimate of drug-likeness (QED) is 0.278. The maximum Gasteiger partial charge on any atom is 0.347 e. The predicted molar refractivity (Wildman–Crippen MR) is 107 cm³/mol. The van der Waals surface area contributed by atoms with Crippen molar-refractivity contribution in [2.45, 2.75) is 44.0 Å². The van der Waals surface area contributed by atoms with Crippen molar-refractivity contribution in [2.75, 3.05) is 32.6 Å². The van der Waals surface area contributed by atoms with Gasteiger partial charge in [0.15, 0.2) is 5.78 Å². The van der Waals surface area contributed by atoms with Gasteiger partial charge in [0.25, 0.3) is 0 Å². The van der Waals surface area contributed by atoms with Gasteiger partial charge in [-0.05, 0) is 65.1 Å². The summed E-state index contributed by atoms with van der Waals surface area (Å²) in [7, 11) is 0. The standard InChI is InChI=1S/C20H28N2O4S/c1-15(23)13-25-18(24)14-26-21-19(16-7-9-17(27-4)10-8-16)20(2,3)22-11-5-6-12-22/h7-10H,5-6,11-14H2,1-4H3. The average Bonchev–Trinajstić information content (AvgIpc) is 3.19. The van der Waals surface area contributed by atoms with Gasteiger partial charge in [0.05, 0.1) is 5.54 Å². The maximum atomic E-state index is 11.7. The molecule has 0 N–H and O–H groups in total. The van der Waals surface area contributed by atoms with Gasteiger partial charge in [-0.25, -0.2) is 4.79 Å². The second-order valence-electron chi connectivity index (χ2n) is 7.06. The minimum Gasteiger partial charge on any atom is -0.455 e. The Balaban J connectivity index is 2.17. The van der Waals surface area contributed by atoms with Gasteiger partial charge in [0.1, 0.15) is 12.3 Å². The van der Waals surface area contributed by atoms with E-state index in [0.717, 1.165) is 24.4 Å². The van der Waals surface area contributed by atoms with Gasteiger partial charge in [-0.3, -0.25) is 9.69 Å². The minimum absolute atomic E-state index is 0.211. The summed E-state index contributed by atoms with van der Waals surface area (Å²) in [6, 6.07) is 8.16.